The molecule has 0 aliphatic rings. The van der Waals surface area contributed by atoms with Gasteiger partial charge in [0.25, 0.3) is 0 Å². The van der Waals surface area contributed by atoms with Gasteiger partial charge in [-0.25, -0.2) is 4.57 Å². The Hall–Kier alpha value is -3.59. The Morgan fingerprint density at radius 3 is 1.43 bits per heavy atom. The number of esters is 2. The summed E-state index contributed by atoms with van der Waals surface area (Å²) in [5.41, 5.74) is 0. The predicted molar refractivity (Wildman–Crippen MR) is 233 cm³/mol. The number of unbranched alkanes of at least 4 members (excludes halogenated alkanes) is 2. The van der Waals surface area contributed by atoms with Crippen molar-refractivity contribution < 1.29 is 37.6 Å². The molecular formula is C46H72NO8P. The van der Waals surface area contributed by atoms with Gasteiger partial charge < -0.3 is 19.7 Å². The molecule has 0 heterocycles. The molecule has 0 aromatic heterocycles. The molecule has 0 spiro atoms. The number of phosphoric ester groups is 1. The number of allylic oxidation sites excluding steroid dienone is 20. The molecule has 0 rings (SSSR count). The Kier molecular flexibility index (Phi) is 38.4. The fourth-order valence-electron chi connectivity index (χ4n) is 4.57. The minimum atomic E-state index is -4.38. The van der Waals surface area contributed by atoms with Crippen molar-refractivity contribution in [2.24, 2.45) is 0 Å². The van der Waals surface area contributed by atoms with Crippen molar-refractivity contribution in [2.45, 2.75) is 123 Å². The van der Waals surface area contributed by atoms with Crippen molar-refractivity contribution >= 4 is 19.8 Å². The molecule has 314 valence electrons. The first-order valence-corrected chi connectivity index (χ1v) is 22.0. The lowest BCUT2D eigenvalue weighted by atomic mass is 10.2. The van der Waals surface area contributed by atoms with Gasteiger partial charge >= 0.3 is 19.8 Å². The maximum Gasteiger partial charge on any atom is 0.472 e. The van der Waals surface area contributed by atoms with Crippen LogP contribution in [0.3, 0.4) is 0 Å². The van der Waals surface area contributed by atoms with Crippen LogP contribution in [0.4, 0.5) is 0 Å². The first-order valence-electron chi connectivity index (χ1n) is 20.5. The van der Waals surface area contributed by atoms with E-state index in [1.165, 1.54) is 0 Å². The van der Waals surface area contributed by atoms with Gasteiger partial charge in [0.15, 0.2) is 6.10 Å². The van der Waals surface area contributed by atoms with Crippen LogP contribution in [0, 0.1) is 0 Å². The van der Waals surface area contributed by atoms with Gasteiger partial charge in [0.1, 0.15) is 6.61 Å². The summed E-state index contributed by atoms with van der Waals surface area (Å²) in [6.45, 7) is 3.81. The second kappa shape index (κ2) is 41.1. The minimum Gasteiger partial charge on any atom is -0.462 e. The van der Waals surface area contributed by atoms with Crippen LogP contribution in [0.25, 0.3) is 0 Å². The highest BCUT2D eigenvalue weighted by Crippen LogP contribution is 2.43. The Morgan fingerprint density at radius 2 is 0.982 bits per heavy atom. The largest absolute Gasteiger partial charge is 0.472 e. The van der Waals surface area contributed by atoms with E-state index in [4.69, 9.17) is 18.5 Å². The average molecular weight is 798 g/mol. The summed E-state index contributed by atoms with van der Waals surface area (Å²) in [7, 11) is -2.70. The lowest BCUT2D eigenvalue weighted by Gasteiger charge is -2.20. The Balaban J connectivity index is 4.48. The van der Waals surface area contributed by atoms with Gasteiger partial charge in [-0.2, -0.15) is 0 Å². The second-order valence-corrected chi connectivity index (χ2v) is 14.2. The molecule has 0 fully saturated rings. The van der Waals surface area contributed by atoms with Gasteiger partial charge in [-0.3, -0.25) is 18.6 Å². The second-order valence-electron chi connectivity index (χ2n) is 12.7. The number of hydrogen-bond donors (Lipinski definition) is 2. The van der Waals surface area contributed by atoms with Crippen molar-refractivity contribution in [1.82, 2.24) is 5.32 Å². The highest BCUT2D eigenvalue weighted by atomic mass is 31.2. The van der Waals surface area contributed by atoms with Gasteiger partial charge in [-0.1, -0.05) is 135 Å². The van der Waals surface area contributed by atoms with Crippen LogP contribution >= 0.6 is 7.82 Å². The monoisotopic (exact) mass is 797 g/mol. The van der Waals surface area contributed by atoms with Gasteiger partial charge in [0.2, 0.25) is 0 Å². The summed E-state index contributed by atoms with van der Waals surface area (Å²) in [5, 5.41) is 2.80. The van der Waals surface area contributed by atoms with E-state index in [0.29, 0.717) is 19.4 Å². The molecule has 0 saturated carbocycles. The summed E-state index contributed by atoms with van der Waals surface area (Å²) < 4.78 is 33.0. The molecule has 10 heteroatoms. The van der Waals surface area contributed by atoms with Gasteiger partial charge in [0.05, 0.1) is 13.2 Å². The van der Waals surface area contributed by atoms with Gasteiger partial charge in [0, 0.05) is 19.4 Å². The molecule has 56 heavy (non-hydrogen) atoms. The predicted octanol–water partition coefficient (Wildman–Crippen LogP) is 11.6. The van der Waals surface area contributed by atoms with Crippen molar-refractivity contribution in [3.63, 3.8) is 0 Å². The molecule has 0 bridgehead atoms. The molecule has 0 aromatic carbocycles. The number of nitrogens with one attached hydrogen (secondary N) is 1. The quantitative estimate of drug-likeness (QED) is 0.0276. The van der Waals surface area contributed by atoms with E-state index in [-0.39, 0.29) is 26.1 Å². The molecule has 0 aliphatic carbocycles. The van der Waals surface area contributed by atoms with E-state index in [0.717, 1.165) is 77.0 Å². The third-order valence-corrected chi connectivity index (χ3v) is 8.57. The Morgan fingerprint density at radius 1 is 0.554 bits per heavy atom. The van der Waals surface area contributed by atoms with Crippen LogP contribution < -0.4 is 5.32 Å². The van der Waals surface area contributed by atoms with E-state index in [1.54, 1.807) is 7.05 Å². The summed E-state index contributed by atoms with van der Waals surface area (Å²) in [4.78, 5) is 35.0. The van der Waals surface area contributed by atoms with E-state index in [2.05, 4.69) is 129 Å². The summed E-state index contributed by atoms with van der Waals surface area (Å²) in [6.07, 6.45) is 54.1. The average Bonchev–Trinajstić information content (AvgIpc) is 3.18. The fourth-order valence-corrected chi connectivity index (χ4v) is 5.32. The maximum absolute atomic E-state index is 12.6. The van der Waals surface area contributed by atoms with E-state index in [9.17, 15) is 19.0 Å². The molecule has 0 radical (unpaired) electrons. The zero-order chi connectivity index (χ0) is 41.1. The number of carbonyl (C=O) groups excluding carboxylic acids is 2. The van der Waals surface area contributed by atoms with Crippen LogP contribution in [-0.4, -0.2) is 56.3 Å². The lowest BCUT2D eigenvalue weighted by Crippen LogP contribution is -2.29. The van der Waals surface area contributed by atoms with E-state index in [1.807, 2.05) is 12.2 Å². The van der Waals surface area contributed by atoms with Crippen molar-refractivity contribution in [1.29, 1.82) is 0 Å². The minimum absolute atomic E-state index is 0.0441. The standard InChI is InChI=1S/C46H72NO8P/c1-4-6-8-10-12-14-16-18-20-21-22-23-25-26-28-30-32-34-36-38-45(48)52-42-44(43-54-56(50,51)53-41-40-47-3)55-46(49)39-37-35-33-31-29-27-24-19-17-15-13-11-9-7-5-2/h6-9,12-15,18-20,22-24,26,28-29,31-32,34,44,47H,4-5,10-11,16-17,21,25,27,30,33,35-43H2,1-3H3,(H,50,51)/b8-6-,9-7-,14-12-,15-13-,20-18-,23-22-,24-19-,28-26-,31-29-,34-32-. The number of hydrogen-bond acceptors (Lipinski definition) is 8. The molecule has 0 aliphatic heterocycles. The smallest absolute Gasteiger partial charge is 0.462 e. The van der Waals surface area contributed by atoms with Gasteiger partial charge in [-0.05, 0) is 96.9 Å². The molecule has 2 N–H and O–H groups in total. The maximum atomic E-state index is 12.6. The number of likely N-dealkylation sites (N-methyl/N-ethyl adjacent to an activating group) is 1. The summed E-state index contributed by atoms with van der Waals surface area (Å²) >= 11 is 0. The topological polar surface area (TPSA) is 120 Å². The number of carbonyl (C=O) groups is 2. The highest BCUT2D eigenvalue weighted by molar-refractivity contribution is 7.47. The lowest BCUT2D eigenvalue weighted by molar-refractivity contribution is -0.161. The Bertz CT molecular complexity index is 1320. The van der Waals surface area contributed by atoms with Crippen LogP contribution in [0.15, 0.2) is 122 Å². The van der Waals surface area contributed by atoms with Crippen molar-refractivity contribution in [2.75, 3.05) is 33.4 Å². The molecule has 0 aromatic rings. The SMILES string of the molecule is CC/C=C\C/C=C\C/C=C\C/C=C\C/C=C\C/C=C\CCC(=O)OCC(COP(=O)(O)OCCNC)OC(=O)CCCC/C=C\C/C=C\C/C=C\C/C=C\CC. The van der Waals surface area contributed by atoms with Gasteiger partial charge in [-0.15, -0.1) is 0 Å². The van der Waals surface area contributed by atoms with Crippen molar-refractivity contribution in [3.05, 3.63) is 122 Å². The number of ether oxygens (including phenoxy) is 2. The van der Waals surface area contributed by atoms with E-state index < -0.39 is 32.5 Å². The molecule has 2 atom stereocenters. The van der Waals surface area contributed by atoms with Crippen LogP contribution in [0.1, 0.15) is 117 Å². The number of rotatable bonds is 36. The third-order valence-electron chi connectivity index (χ3n) is 7.59. The molecular weight excluding hydrogens is 725 g/mol. The third kappa shape index (κ3) is 40.1. The normalized spacial score (nSPS) is 14.6. The van der Waals surface area contributed by atoms with Crippen LogP contribution in [0.5, 0.6) is 0 Å². The van der Waals surface area contributed by atoms with Crippen LogP contribution in [-0.2, 0) is 32.7 Å². The first-order chi connectivity index (χ1) is 27.3. The van der Waals surface area contributed by atoms with Crippen LogP contribution in [0.2, 0.25) is 0 Å². The Labute approximate surface area is 339 Å². The zero-order valence-corrected chi connectivity index (χ0v) is 35.4. The molecule has 2 unspecified atom stereocenters. The first kappa shape index (κ1) is 52.4. The van der Waals surface area contributed by atoms with E-state index >= 15 is 0 Å². The molecule has 9 nitrogen and oxygen atoms in total. The molecule has 0 amide bonds. The summed E-state index contributed by atoms with van der Waals surface area (Å²) in [5.74, 6) is -0.970. The fraction of sp³-hybridized carbons (Fsp3) is 0.522. The van der Waals surface area contributed by atoms with Crippen molar-refractivity contribution in [3.8, 4) is 0 Å². The zero-order valence-electron chi connectivity index (χ0n) is 34.5. The summed E-state index contributed by atoms with van der Waals surface area (Å²) in [6, 6.07) is 0. The molecule has 0 saturated heterocycles. The number of phosphoric acid groups is 1. The highest BCUT2D eigenvalue weighted by Gasteiger charge is 2.26.